The minimum absolute atomic E-state index is 0.0201. The summed E-state index contributed by atoms with van der Waals surface area (Å²) in [6, 6.07) is 15.7. The molecule has 3 aromatic rings. The molecule has 0 atom stereocenters. The van der Waals surface area contributed by atoms with Crippen molar-refractivity contribution in [3.05, 3.63) is 89.5 Å². The van der Waals surface area contributed by atoms with E-state index in [1.165, 1.54) is 12.1 Å². The Kier molecular flexibility index (Phi) is 6.17. The molecular formula is C22H20F2N2O3S. The zero-order chi connectivity index (χ0) is 21.9. The van der Waals surface area contributed by atoms with Crippen LogP contribution in [0.1, 0.15) is 11.1 Å². The molecule has 0 heterocycles. The normalized spacial score (nSPS) is 11.2. The highest BCUT2D eigenvalue weighted by Crippen LogP contribution is 2.28. The molecule has 1 N–H and O–H groups in total. The molecule has 8 heteroatoms. The van der Waals surface area contributed by atoms with Crippen molar-refractivity contribution in [3.8, 4) is 0 Å². The van der Waals surface area contributed by atoms with Crippen LogP contribution in [0.25, 0.3) is 0 Å². The summed E-state index contributed by atoms with van der Waals surface area (Å²) >= 11 is 0. The molecule has 3 rings (SSSR count). The molecule has 0 spiro atoms. The van der Waals surface area contributed by atoms with Crippen LogP contribution in [0.3, 0.4) is 0 Å². The van der Waals surface area contributed by atoms with E-state index in [9.17, 15) is 22.0 Å². The smallest absolute Gasteiger partial charge is 0.264 e. The van der Waals surface area contributed by atoms with Gasteiger partial charge in [-0.15, -0.1) is 0 Å². The highest BCUT2D eigenvalue weighted by molar-refractivity contribution is 7.92. The standard InChI is InChI=1S/C22H20F2N2O3S/c1-15-8-9-16(2)21(12-15)26(30(28,29)18-6-4-3-5-7-18)14-22(27)25-20-11-10-17(23)13-19(20)24/h3-13H,14H2,1-2H3,(H,25,27). The van der Waals surface area contributed by atoms with Crippen molar-refractivity contribution in [2.45, 2.75) is 18.7 Å². The van der Waals surface area contributed by atoms with Crippen molar-refractivity contribution in [3.63, 3.8) is 0 Å². The van der Waals surface area contributed by atoms with E-state index in [0.29, 0.717) is 17.3 Å². The SMILES string of the molecule is Cc1ccc(C)c(N(CC(=O)Nc2ccc(F)cc2F)S(=O)(=O)c2ccccc2)c1. The fraction of sp³-hybridized carbons (Fsp3) is 0.136. The second kappa shape index (κ2) is 8.62. The predicted molar refractivity (Wildman–Crippen MR) is 112 cm³/mol. The van der Waals surface area contributed by atoms with Gasteiger partial charge in [-0.3, -0.25) is 9.10 Å². The molecule has 156 valence electrons. The van der Waals surface area contributed by atoms with Gasteiger partial charge in [0, 0.05) is 6.07 Å². The number of halogens is 2. The van der Waals surface area contributed by atoms with Gasteiger partial charge in [0.25, 0.3) is 10.0 Å². The van der Waals surface area contributed by atoms with Gasteiger partial charge in [-0.05, 0) is 55.3 Å². The van der Waals surface area contributed by atoms with Gasteiger partial charge in [0.1, 0.15) is 18.2 Å². The Morgan fingerprint density at radius 3 is 2.33 bits per heavy atom. The van der Waals surface area contributed by atoms with E-state index in [1.54, 1.807) is 37.3 Å². The summed E-state index contributed by atoms with van der Waals surface area (Å²) in [7, 11) is -4.08. The van der Waals surface area contributed by atoms with Gasteiger partial charge >= 0.3 is 0 Å². The first-order valence-electron chi connectivity index (χ1n) is 9.08. The third kappa shape index (κ3) is 4.65. The molecule has 0 aromatic heterocycles. The lowest BCUT2D eigenvalue weighted by molar-refractivity contribution is -0.114. The molecular weight excluding hydrogens is 410 g/mol. The maximum Gasteiger partial charge on any atom is 0.264 e. The van der Waals surface area contributed by atoms with E-state index in [4.69, 9.17) is 0 Å². The number of carbonyl (C=O) groups excluding carboxylic acids is 1. The minimum atomic E-state index is -4.08. The molecule has 0 aliphatic heterocycles. The number of anilines is 2. The highest BCUT2D eigenvalue weighted by atomic mass is 32.2. The molecule has 0 bridgehead atoms. The first-order valence-corrected chi connectivity index (χ1v) is 10.5. The maximum absolute atomic E-state index is 13.9. The quantitative estimate of drug-likeness (QED) is 0.630. The first-order chi connectivity index (χ1) is 14.2. The Bertz CT molecular complexity index is 1180. The zero-order valence-corrected chi connectivity index (χ0v) is 17.2. The monoisotopic (exact) mass is 430 g/mol. The van der Waals surface area contributed by atoms with Crippen molar-refractivity contribution in [2.75, 3.05) is 16.2 Å². The molecule has 3 aromatic carbocycles. The van der Waals surface area contributed by atoms with E-state index >= 15 is 0 Å². The van der Waals surface area contributed by atoms with E-state index in [2.05, 4.69) is 5.32 Å². The number of benzene rings is 3. The van der Waals surface area contributed by atoms with Crippen molar-refractivity contribution >= 4 is 27.3 Å². The van der Waals surface area contributed by atoms with Crippen LogP contribution in [-0.2, 0) is 14.8 Å². The fourth-order valence-corrected chi connectivity index (χ4v) is 4.42. The highest BCUT2D eigenvalue weighted by Gasteiger charge is 2.28. The lowest BCUT2D eigenvalue weighted by Gasteiger charge is -2.26. The van der Waals surface area contributed by atoms with Crippen LogP contribution in [0, 0.1) is 25.5 Å². The summed E-state index contributed by atoms with van der Waals surface area (Å²) in [6.45, 7) is 2.96. The fourth-order valence-electron chi connectivity index (χ4n) is 2.92. The largest absolute Gasteiger partial charge is 0.322 e. The number of carbonyl (C=O) groups is 1. The lowest BCUT2D eigenvalue weighted by atomic mass is 10.1. The van der Waals surface area contributed by atoms with E-state index in [1.807, 2.05) is 13.0 Å². The van der Waals surface area contributed by atoms with E-state index < -0.39 is 34.1 Å². The van der Waals surface area contributed by atoms with Crippen LogP contribution in [0.2, 0.25) is 0 Å². The third-order valence-electron chi connectivity index (χ3n) is 4.46. The van der Waals surface area contributed by atoms with Crippen LogP contribution in [0.4, 0.5) is 20.2 Å². The Balaban J connectivity index is 1.99. The number of aryl methyl sites for hydroxylation is 2. The average molecular weight is 430 g/mol. The van der Waals surface area contributed by atoms with Crippen molar-refractivity contribution in [2.24, 2.45) is 0 Å². The Labute approximate surface area is 174 Å². The summed E-state index contributed by atoms with van der Waals surface area (Å²) in [6.07, 6.45) is 0. The molecule has 0 saturated heterocycles. The van der Waals surface area contributed by atoms with Crippen molar-refractivity contribution in [1.82, 2.24) is 0 Å². The first kappa shape index (κ1) is 21.4. The molecule has 0 aliphatic carbocycles. The number of sulfonamides is 1. The van der Waals surface area contributed by atoms with Crippen molar-refractivity contribution in [1.29, 1.82) is 0 Å². The van der Waals surface area contributed by atoms with Gasteiger partial charge in [-0.1, -0.05) is 30.3 Å². The Morgan fingerprint density at radius 1 is 0.967 bits per heavy atom. The zero-order valence-electron chi connectivity index (χ0n) is 16.4. The van der Waals surface area contributed by atoms with Crippen LogP contribution in [0.5, 0.6) is 0 Å². The summed E-state index contributed by atoms with van der Waals surface area (Å²) in [5.74, 6) is -2.50. The van der Waals surface area contributed by atoms with Crippen LogP contribution in [-0.4, -0.2) is 20.9 Å². The molecule has 30 heavy (non-hydrogen) atoms. The number of amides is 1. The third-order valence-corrected chi connectivity index (χ3v) is 6.23. The number of hydrogen-bond donors (Lipinski definition) is 1. The Morgan fingerprint density at radius 2 is 1.67 bits per heavy atom. The van der Waals surface area contributed by atoms with Gasteiger partial charge in [-0.2, -0.15) is 0 Å². The van der Waals surface area contributed by atoms with Crippen molar-refractivity contribution < 1.29 is 22.0 Å². The van der Waals surface area contributed by atoms with Gasteiger partial charge in [0.15, 0.2) is 0 Å². The minimum Gasteiger partial charge on any atom is -0.322 e. The summed E-state index contributed by atoms with van der Waals surface area (Å²) < 4.78 is 54.6. The average Bonchev–Trinajstić information content (AvgIpc) is 2.71. The topological polar surface area (TPSA) is 66.5 Å². The van der Waals surface area contributed by atoms with Gasteiger partial charge < -0.3 is 5.32 Å². The van der Waals surface area contributed by atoms with Gasteiger partial charge in [-0.25, -0.2) is 17.2 Å². The number of hydrogen-bond acceptors (Lipinski definition) is 3. The molecule has 0 fully saturated rings. The Hall–Kier alpha value is -3.26. The summed E-state index contributed by atoms with van der Waals surface area (Å²) in [5, 5.41) is 2.31. The lowest BCUT2D eigenvalue weighted by Crippen LogP contribution is -2.38. The molecule has 0 radical (unpaired) electrons. The van der Waals surface area contributed by atoms with E-state index in [-0.39, 0.29) is 10.6 Å². The maximum atomic E-state index is 13.9. The number of nitrogens with zero attached hydrogens (tertiary/aromatic N) is 1. The molecule has 0 saturated carbocycles. The molecule has 5 nitrogen and oxygen atoms in total. The summed E-state index contributed by atoms with van der Waals surface area (Å²) in [4.78, 5) is 12.6. The number of rotatable bonds is 6. The van der Waals surface area contributed by atoms with Crippen LogP contribution < -0.4 is 9.62 Å². The second-order valence-corrected chi connectivity index (χ2v) is 8.65. The van der Waals surface area contributed by atoms with Crippen LogP contribution >= 0.6 is 0 Å². The van der Waals surface area contributed by atoms with E-state index in [0.717, 1.165) is 22.0 Å². The molecule has 1 amide bonds. The second-order valence-electron chi connectivity index (χ2n) is 6.79. The van der Waals surface area contributed by atoms with Gasteiger partial charge in [0.05, 0.1) is 16.3 Å². The molecule has 0 unspecified atom stereocenters. The predicted octanol–water partition coefficient (Wildman–Crippen LogP) is 4.42. The number of nitrogens with one attached hydrogen (secondary N) is 1. The van der Waals surface area contributed by atoms with Gasteiger partial charge in [0.2, 0.25) is 5.91 Å². The summed E-state index contributed by atoms with van der Waals surface area (Å²) in [5.41, 5.74) is 1.57. The molecule has 0 aliphatic rings. The van der Waals surface area contributed by atoms with Crippen LogP contribution in [0.15, 0.2) is 71.6 Å².